The molecule has 39 heavy (non-hydrogen) atoms. The second kappa shape index (κ2) is 11.4. The van der Waals surface area contributed by atoms with E-state index in [-0.39, 0.29) is 11.3 Å². The lowest BCUT2D eigenvalue weighted by molar-refractivity contribution is 0.273. The first-order valence-electron chi connectivity index (χ1n) is 15.4. The van der Waals surface area contributed by atoms with Crippen LogP contribution in [-0.4, -0.2) is 12.3 Å². The Labute approximate surface area is 238 Å². The lowest BCUT2D eigenvalue weighted by Gasteiger charge is -2.31. The molecule has 0 saturated heterocycles. The van der Waals surface area contributed by atoms with Crippen molar-refractivity contribution in [2.45, 2.75) is 104 Å². The summed E-state index contributed by atoms with van der Waals surface area (Å²) in [5.41, 5.74) is 10.3. The van der Waals surface area contributed by atoms with Crippen LogP contribution in [0.2, 0.25) is 0 Å². The van der Waals surface area contributed by atoms with Crippen molar-refractivity contribution in [1.82, 2.24) is 0 Å². The van der Waals surface area contributed by atoms with Gasteiger partial charge in [0.1, 0.15) is 0 Å². The molecule has 3 aliphatic rings. The quantitative estimate of drug-likeness (QED) is 0.308. The van der Waals surface area contributed by atoms with Gasteiger partial charge in [-0.2, -0.15) is 0 Å². The van der Waals surface area contributed by atoms with E-state index in [1.807, 2.05) is 0 Å². The predicted octanol–water partition coefficient (Wildman–Crippen LogP) is 10.3. The van der Waals surface area contributed by atoms with Crippen LogP contribution >= 0.6 is 0 Å². The summed E-state index contributed by atoms with van der Waals surface area (Å²) in [4.78, 5) is 4.86. The molecule has 0 bridgehead atoms. The Morgan fingerprint density at radius 2 is 1.74 bits per heavy atom. The average molecular weight is 520 g/mol. The molecule has 1 nitrogen and oxygen atoms in total. The highest BCUT2D eigenvalue weighted by molar-refractivity contribution is 5.58. The summed E-state index contributed by atoms with van der Waals surface area (Å²) in [6.07, 6.45) is 20.8. The van der Waals surface area contributed by atoms with Crippen LogP contribution in [0.3, 0.4) is 0 Å². The predicted molar refractivity (Wildman–Crippen MR) is 169 cm³/mol. The highest BCUT2D eigenvalue weighted by Crippen LogP contribution is 2.59. The molecule has 1 saturated carbocycles. The van der Waals surface area contributed by atoms with Crippen molar-refractivity contribution in [3.63, 3.8) is 0 Å². The maximum atomic E-state index is 4.86. The molecular weight excluding hydrogens is 470 g/mol. The Hall–Kier alpha value is -2.67. The molecule has 1 heteroatoms. The van der Waals surface area contributed by atoms with E-state index < -0.39 is 0 Å². The number of aryl methyl sites for hydroxylation is 2. The summed E-state index contributed by atoms with van der Waals surface area (Å²) in [6.45, 7) is 15.9. The zero-order valence-corrected chi connectivity index (χ0v) is 25.1. The first-order valence-corrected chi connectivity index (χ1v) is 15.4. The maximum absolute atomic E-state index is 4.86. The summed E-state index contributed by atoms with van der Waals surface area (Å²) in [5, 5.41) is 0. The largest absolute Gasteiger partial charge is 0.294 e. The monoisotopic (exact) mass is 519 g/mol. The van der Waals surface area contributed by atoms with Gasteiger partial charge in [-0.05, 0) is 135 Å². The number of hydrogen-bond donors (Lipinski definition) is 0. The second-order valence-corrected chi connectivity index (χ2v) is 13.8. The highest BCUT2D eigenvalue weighted by Gasteiger charge is 2.48. The van der Waals surface area contributed by atoms with Crippen LogP contribution in [0.1, 0.15) is 106 Å². The van der Waals surface area contributed by atoms with Crippen molar-refractivity contribution < 1.29 is 0 Å². The van der Waals surface area contributed by atoms with Gasteiger partial charge >= 0.3 is 0 Å². The molecule has 0 amide bonds. The number of fused-ring (bicyclic) bond motifs is 1. The van der Waals surface area contributed by atoms with E-state index in [1.54, 1.807) is 5.57 Å². The Balaban J connectivity index is 1.28. The van der Waals surface area contributed by atoms with Gasteiger partial charge in [-0.15, -0.1) is 0 Å². The van der Waals surface area contributed by atoms with E-state index in [0.29, 0.717) is 11.5 Å². The Bertz CT molecular complexity index is 1260. The van der Waals surface area contributed by atoms with Crippen molar-refractivity contribution in [1.29, 1.82) is 0 Å². The molecule has 2 aromatic rings. The molecule has 5 rings (SSSR count). The van der Waals surface area contributed by atoms with Crippen LogP contribution in [0.25, 0.3) is 0 Å². The summed E-state index contributed by atoms with van der Waals surface area (Å²) in [5.74, 6) is 0.983. The molecule has 3 atom stereocenters. The van der Waals surface area contributed by atoms with E-state index in [1.165, 1.54) is 71.9 Å². The van der Waals surface area contributed by atoms with Crippen LogP contribution < -0.4 is 0 Å². The van der Waals surface area contributed by atoms with Crippen LogP contribution in [0.15, 0.2) is 83.4 Å². The van der Waals surface area contributed by atoms with E-state index in [0.717, 1.165) is 25.2 Å². The van der Waals surface area contributed by atoms with Gasteiger partial charge in [0.15, 0.2) is 0 Å². The average Bonchev–Trinajstić information content (AvgIpc) is 3.64. The first kappa shape index (κ1) is 27.9. The fraction of sp³-hybridized carbons (Fsp3) is 0.500. The molecule has 0 radical (unpaired) electrons. The van der Waals surface area contributed by atoms with Gasteiger partial charge in [0.2, 0.25) is 0 Å². The molecule has 2 aromatic carbocycles. The molecule has 0 N–H and O–H groups in total. The highest BCUT2D eigenvalue weighted by atomic mass is 14.8. The molecule has 3 unspecified atom stereocenters. The van der Waals surface area contributed by atoms with Crippen LogP contribution in [0, 0.1) is 30.6 Å². The lowest BCUT2D eigenvalue weighted by Crippen LogP contribution is -2.23. The Kier molecular flexibility index (Phi) is 8.18. The van der Waals surface area contributed by atoms with Crippen molar-refractivity contribution in [2.24, 2.45) is 21.7 Å². The third-order valence-corrected chi connectivity index (χ3v) is 9.71. The molecule has 1 fully saturated rings. The van der Waals surface area contributed by atoms with Crippen LogP contribution in [0.5, 0.6) is 0 Å². The normalized spacial score (nSPS) is 23.2. The molecular formula is C38H49N. The Morgan fingerprint density at radius 1 is 1.00 bits per heavy atom. The topological polar surface area (TPSA) is 12.4 Å². The van der Waals surface area contributed by atoms with Gasteiger partial charge in [0, 0.05) is 5.92 Å². The van der Waals surface area contributed by atoms with Crippen molar-refractivity contribution >= 4 is 6.21 Å². The van der Waals surface area contributed by atoms with Crippen molar-refractivity contribution in [2.75, 3.05) is 0 Å². The molecule has 1 heterocycles. The van der Waals surface area contributed by atoms with Crippen molar-refractivity contribution in [3.8, 4) is 0 Å². The molecule has 0 spiro atoms. The van der Waals surface area contributed by atoms with Gasteiger partial charge in [0.05, 0.1) is 6.04 Å². The number of nitrogens with zero attached hydrogens (tertiary/aromatic N) is 1. The number of benzene rings is 2. The summed E-state index contributed by atoms with van der Waals surface area (Å²) < 4.78 is 0. The standard InChI is InChI=1S/C38H49N/c1-27(2)36(33-16-13-28(3)29(4)24-33)32-17-14-30(15-18-32)25-37(5,6)26-38(21-22-38)34-11-7-8-12-35-31(19-20-34)10-9-23-39-35/h7,11,13-18,20,23-24,31,35-36H,1,8-10,12,19,21-22,25-26H2,2-6H3. The number of aliphatic imine (C=N–C) groups is 1. The summed E-state index contributed by atoms with van der Waals surface area (Å²) in [7, 11) is 0. The first-order chi connectivity index (χ1) is 18.7. The van der Waals surface area contributed by atoms with Gasteiger partial charge in [-0.3, -0.25) is 4.99 Å². The SMILES string of the molecule is C=C(C)C(c1ccc(CC(C)(C)CC2(C3=CCC4CCC=NC4CCC=C3)CC2)cc1)c1ccc(C)c(C)c1. The number of hydrogen-bond acceptors (Lipinski definition) is 1. The number of allylic oxidation sites excluding steroid dienone is 5. The minimum atomic E-state index is 0.248. The van der Waals surface area contributed by atoms with Gasteiger partial charge in [0.25, 0.3) is 0 Å². The van der Waals surface area contributed by atoms with Gasteiger partial charge in [-0.25, -0.2) is 0 Å². The molecule has 0 aromatic heterocycles. The molecule has 206 valence electrons. The third kappa shape index (κ3) is 6.56. The molecule has 1 aliphatic heterocycles. The molecule has 2 aliphatic carbocycles. The fourth-order valence-electron chi connectivity index (χ4n) is 7.40. The van der Waals surface area contributed by atoms with E-state index >= 15 is 0 Å². The van der Waals surface area contributed by atoms with Crippen LogP contribution in [-0.2, 0) is 6.42 Å². The van der Waals surface area contributed by atoms with E-state index in [9.17, 15) is 0 Å². The summed E-state index contributed by atoms with van der Waals surface area (Å²) >= 11 is 0. The van der Waals surface area contributed by atoms with Gasteiger partial charge in [-0.1, -0.05) is 86.7 Å². The zero-order valence-electron chi connectivity index (χ0n) is 25.1. The maximum Gasteiger partial charge on any atom is 0.0529 e. The third-order valence-electron chi connectivity index (χ3n) is 9.71. The van der Waals surface area contributed by atoms with E-state index in [2.05, 4.69) is 108 Å². The second-order valence-electron chi connectivity index (χ2n) is 13.8. The van der Waals surface area contributed by atoms with Gasteiger partial charge < -0.3 is 0 Å². The zero-order chi connectivity index (χ0) is 27.6. The fourth-order valence-corrected chi connectivity index (χ4v) is 7.40. The minimum absolute atomic E-state index is 0.248. The van der Waals surface area contributed by atoms with E-state index in [4.69, 9.17) is 4.99 Å². The lowest BCUT2D eigenvalue weighted by atomic mass is 9.73. The smallest absolute Gasteiger partial charge is 0.0529 e. The van der Waals surface area contributed by atoms with Crippen molar-refractivity contribution in [3.05, 3.63) is 106 Å². The Morgan fingerprint density at radius 3 is 2.44 bits per heavy atom. The minimum Gasteiger partial charge on any atom is -0.294 e. The van der Waals surface area contributed by atoms with Crippen LogP contribution in [0.4, 0.5) is 0 Å². The summed E-state index contributed by atoms with van der Waals surface area (Å²) in [6, 6.07) is 16.8. The number of rotatable bonds is 8.